The number of aromatic hydroxyl groups is 1. The van der Waals surface area contributed by atoms with Crippen LogP contribution in [0.1, 0.15) is 5.56 Å². The predicted octanol–water partition coefficient (Wildman–Crippen LogP) is 0.981. The van der Waals surface area contributed by atoms with Crippen LogP contribution in [0.4, 0.5) is 8.78 Å². The maximum Gasteiger partial charge on any atom is 0.169 e. The highest BCUT2D eigenvalue weighted by molar-refractivity contribution is 5.46. The van der Waals surface area contributed by atoms with Gasteiger partial charge in [0, 0.05) is 6.07 Å². The van der Waals surface area contributed by atoms with Crippen LogP contribution in [-0.4, -0.2) is 11.7 Å². The van der Waals surface area contributed by atoms with Crippen LogP contribution in [0.5, 0.6) is 5.75 Å². The number of phenolic OH excluding ortho intramolecular Hbond substituents is 1. The quantitative estimate of drug-likeness (QED) is 0.589. The minimum atomic E-state index is -1.03. The fourth-order valence-electron chi connectivity index (χ4n) is 0.808. The van der Waals surface area contributed by atoms with Crippen LogP contribution in [0.15, 0.2) is 12.1 Å². The third-order valence-corrected chi connectivity index (χ3v) is 1.35. The summed E-state index contributed by atoms with van der Waals surface area (Å²) in [4.78, 5) is 0. The second kappa shape index (κ2) is 3.87. The van der Waals surface area contributed by atoms with E-state index < -0.39 is 17.4 Å². The summed E-state index contributed by atoms with van der Waals surface area (Å²) in [5.41, 5.74) is 4.97. The van der Waals surface area contributed by atoms with Gasteiger partial charge in [-0.05, 0) is 6.07 Å². The highest BCUT2D eigenvalue weighted by Gasteiger charge is 2.07. The minimum absolute atomic E-state index is 0.0670. The number of benzene rings is 1. The summed E-state index contributed by atoms with van der Waals surface area (Å²) in [6, 6.07) is 1.53. The van der Waals surface area contributed by atoms with Crippen LogP contribution in [0.3, 0.4) is 0 Å². The average molecular weight is 183 g/mol. The van der Waals surface area contributed by atoms with Crippen LogP contribution in [0.2, 0.25) is 0 Å². The van der Waals surface area contributed by atoms with Crippen LogP contribution in [0.25, 0.3) is 0 Å². The van der Waals surface area contributed by atoms with Crippen LogP contribution >= 0.6 is 0 Å². The van der Waals surface area contributed by atoms with Gasteiger partial charge in [-0.2, -0.15) is 0 Å². The second-order valence-corrected chi connectivity index (χ2v) is 2.29. The van der Waals surface area contributed by atoms with Gasteiger partial charge in [-0.15, -0.1) is 0 Å². The molecule has 13 heavy (non-hydrogen) atoms. The molecule has 4 heteroatoms. The van der Waals surface area contributed by atoms with E-state index in [9.17, 15) is 8.78 Å². The van der Waals surface area contributed by atoms with Gasteiger partial charge >= 0.3 is 0 Å². The zero-order valence-corrected chi connectivity index (χ0v) is 6.64. The minimum Gasteiger partial charge on any atom is -0.504 e. The fourth-order valence-corrected chi connectivity index (χ4v) is 0.808. The Morgan fingerprint density at radius 2 is 2.08 bits per heavy atom. The van der Waals surface area contributed by atoms with Crippen molar-refractivity contribution < 1.29 is 13.9 Å². The van der Waals surface area contributed by atoms with Gasteiger partial charge in [0.2, 0.25) is 0 Å². The van der Waals surface area contributed by atoms with E-state index in [1.165, 1.54) is 0 Å². The summed E-state index contributed by atoms with van der Waals surface area (Å²) in [7, 11) is 0. The summed E-state index contributed by atoms with van der Waals surface area (Å²) in [6.07, 6.45) is 0. The number of nitrogens with two attached hydrogens (primary N) is 1. The number of hydrogen-bond donors (Lipinski definition) is 2. The lowest BCUT2D eigenvalue weighted by Crippen LogP contribution is -1.93. The molecule has 0 spiro atoms. The molecular formula is C9H7F2NO. The standard InChI is InChI=1S/C9H7F2NO/c10-7-4-6(2-1-3-12)9(13)8(11)5-7/h4-5,13H,3,12H2. The van der Waals surface area contributed by atoms with E-state index in [0.717, 1.165) is 6.07 Å². The first-order valence-electron chi connectivity index (χ1n) is 3.52. The Morgan fingerprint density at radius 1 is 1.38 bits per heavy atom. The normalized spacial score (nSPS) is 9.15. The molecule has 1 rings (SSSR count). The van der Waals surface area contributed by atoms with Gasteiger partial charge in [0.1, 0.15) is 5.82 Å². The summed E-state index contributed by atoms with van der Waals surface area (Å²) < 4.78 is 25.3. The molecule has 0 aromatic heterocycles. The number of phenols is 1. The topological polar surface area (TPSA) is 46.2 Å². The van der Waals surface area contributed by atoms with Crippen molar-refractivity contribution in [3.63, 3.8) is 0 Å². The van der Waals surface area contributed by atoms with Crippen molar-refractivity contribution in [1.82, 2.24) is 0 Å². The summed E-state index contributed by atoms with van der Waals surface area (Å²) in [5, 5.41) is 9.06. The van der Waals surface area contributed by atoms with Crippen molar-refractivity contribution in [3.05, 3.63) is 29.3 Å². The molecule has 0 fully saturated rings. The predicted molar refractivity (Wildman–Crippen MR) is 44.0 cm³/mol. The second-order valence-electron chi connectivity index (χ2n) is 2.29. The van der Waals surface area contributed by atoms with Crippen LogP contribution < -0.4 is 5.73 Å². The maximum atomic E-state index is 12.7. The first kappa shape index (κ1) is 9.49. The lowest BCUT2D eigenvalue weighted by Gasteiger charge is -1.98. The van der Waals surface area contributed by atoms with E-state index >= 15 is 0 Å². The van der Waals surface area contributed by atoms with Crippen molar-refractivity contribution in [3.8, 4) is 17.6 Å². The Balaban J connectivity index is 3.20. The Kier molecular flexibility index (Phi) is 2.83. The molecule has 1 aromatic rings. The van der Waals surface area contributed by atoms with Crippen LogP contribution in [0, 0.1) is 23.5 Å². The van der Waals surface area contributed by atoms with Crippen molar-refractivity contribution in [1.29, 1.82) is 0 Å². The van der Waals surface area contributed by atoms with Crippen LogP contribution in [-0.2, 0) is 0 Å². The number of halogens is 2. The molecule has 0 aliphatic rings. The molecule has 0 unspecified atom stereocenters. The van der Waals surface area contributed by atoms with E-state index in [1.807, 2.05) is 0 Å². The molecule has 68 valence electrons. The summed E-state index contributed by atoms with van der Waals surface area (Å²) >= 11 is 0. The SMILES string of the molecule is NCC#Cc1cc(F)cc(F)c1O. The molecule has 0 aliphatic heterocycles. The molecular weight excluding hydrogens is 176 g/mol. The molecule has 0 aliphatic carbocycles. The lowest BCUT2D eigenvalue weighted by atomic mass is 10.2. The molecule has 0 heterocycles. The third-order valence-electron chi connectivity index (χ3n) is 1.35. The zero-order valence-electron chi connectivity index (χ0n) is 6.64. The van der Waals surface area contributed by atoms with E-state index in [2.05, 4.69) is 11.8 Å². The Bertz CT molecular complexity index is 379. The van der Waals surface area contributed by atoms with E-state index in [-0.39, 0.29) is 12.1 Å². The monoisotopic (exact) mass is 183 g/mol. The molecule has 3 N–H and O–H groups in total. The molecule has 0 saturated carbocycles. The molecule has 0 bridgehead atoms. The molecule has 1 aromatic carbocycles. The average Bonchev–Trinajstić information content (AvgIpc) is 2.09. The molecule has 2 nitrogen and oxygen atoms in total. The zero-order chi connectivity index (χ0) is 9.84. The highest BCUT2D eigenvalue weighted by atomic mass is 19.1. The van der Waals surface area contributed by atoms with Gasteiger partial charge in [0.15, 0.2) is 11.6 Å². The summed E-state index contributed by atoms with van der Waals surface area (Å²) in [5.74, 6) is 2.28. The van der Waals surface area contributed by atoms with Gasteiger partial charge in [-0.25, -0.2) is 8.78 Å². The fraction of sp³-hybridized carbons (Fsp3) is 0.111. The van der Waals surface area contributed by atoms with E-state index in [0.29, 0.717) is 6.07 Å². The van der Waals surface area contributed by atoms with Gasteiger partial charge in [0.05, 0.1) is 12.1 Å². The third kappa shape index (κ3) is 2.17. The molecule has 0 amide bonds. The van der Waals surface area contributed by atoms with Crippen molar-refractivity contribution in [2.45, 2.75) is 0 Å². The molecule has 0 saturated heterocycles. The number of hydrogen-bond acceptors (Lipinski definition) is 2. The van der Waals surface area contributed by atoms with Crippen molar-refractivity contribution in [2.24, 2.45) is 5.73 Å². The number of rotatable bonds is 0. The van der Waals surface area contributed by atoms with Crippen molar-refractivity contribution in [2.75, 3.05) is 6.54 Å². The Labute approximate surface area is 74.0 Å². The highest BCUT2D eigenvalue weighted by Crippen LogP contribution is 2.21. The van der Waals surface area contributed by atoms with Gasteiger partial charge < -0.3 is 10.8 Å². The van der Waals surface area contributed by atoms with Gasteiger partial charge in [-0.1, -0.05) is 11.8 Å². The molecule has 0 radical (unpaired) electrons. The largest absolute Gasteiger partial charge is 0.504 e. The summed E-state index contributed by atoms with van der Waals surface area (Å²) in [6.45, 7) is 0.0670. The lowest BCUT2D eigenvalue weighted by molar-refractivity contribution is 0.426. The Morgan fingerprint density at radius 3 is 2.69 bits per heavy atom. The first-order valence-corrected chi connectivity index (χ1v) is 3.52. The maximum absolute atomic E-state index is 12.7. The van der Waals surface area contributed by atoms with E-state index in [4.69, 9.17) is 10.8 Å². The van der Waals surface area contributed by atoms with Gasteiger partial charge in [-0.3, -0.25) is 0 Å². The molecule has 0 atom stereocenters. The van der Waals surface area contributed by atoms with Crippen molar-refractivity contribution >= 4 is 0 Å². The smallest absolute Gasteiger partial charge is 0.169 e. The van der Waals surface area contributed by atoms with Gasteiger partial charge in [0.25, 0.3) is 0 Å². The Hall–Kier alpha value is -1.60. The van der Waals surface area contributed by atoms with E-state index in [1.54, 1.807) is 0 Å². The first-order chi connectivity index (χ1) is 6.15.